The van der Waals surface area contributed by atoms with Crippen molar-refractivity contribution in [3.05, 3.63) is 47.7 Å². The van der Waals surface area contributed by atoms with Crippen molar-refractivity contribution in [2.24, 2.45) is 0 Å². The van der Waals surface area contributed by atoms with Crippen LogP contribution in [0.3, 0.4) is 0 Å². The predicted octanol–water partition coefficient (Wildman–Crippen LogP) is 5.09. The quantitative estimate of drug-likeness (QED) is 0.659. The third-order valence-electron chi connectivity index (χ3n) is 5.94. The minimum Gasteiger partial charge on any atom is -0.298 e. The van der Waals surface area contributed by atoms with Gasteiger partial charge in [-0.05, 0) is 62.9 Å². The number of pyridine rings is 1. The zero-order chi connectivity index (χ0) is 16.8. The van der Waals surface area contributed by atoms with E-state index in [0.717, 1.165) is 17.6 Å². The Balaban J connectivity index is 1.35. The van der Waals surface area contributed by atoms with E-state index < -0.39 is 0 Å². The summed E-state index contributed by atoms with van der Waals surface area (Å²) in [6, 6.07) is 12.3. The van der Waals surface area contributed by atoms with Crippen LogP contribution in [0.5, 0.6) is 0 Å². The van der Waals surface area contributed by atoms with Gasteiger partial charge in [0.2, 0.25) is 0 Å². The van der Waals surface area contributed by atoms with Crippen molar-refractivity contribution in [2.45, 2.75) is 50.6 Å². The first-order chi connectivity index (χ1) is 12.3. The molecule has 2 aliphatic rings. The highest BCUT2D eigenvalue weighted by Crippen LogP contribution is 2.44. The van der Waals surface area contributed by atoms with Crippen LogP contribution in [0.2, 0.25) is 0 Å². The van der Waals surface area contributed by atoms with Crippen molar-refractivity contribution in [3.63, 3.8) is 0 Å². The Labute approximate surface area is 152 Å². The SMILES string of the molecule is C[C@@H]1CCCN1[C@H]1C[C@H](c2nc3ccc(-c4cccnc4)cc3s2)C1. The Morgan fingerprint density at radius 2 is 2.08 bits per heavy atom. The molecule has 0 unspecified atom stereocenters. The van der Waals surface area contributed by atoms with Gasteiger partial charge in [0.15, 0.2) is 0 Å². The molecule has 4 heteroatoms. The number of thiazole rings is 1. The standard InChI is InChI=1S/C21H23N3S/c1-14-4-3-9-24(14)18-10-17(11-18)21-23-19-7-6-15(12-20(19)25-21)16-5-2-8-22-13-16/h2,5-8,12-14,17-18H,3-4,9-11H2,1H3/t14-,17-,18-/m1/s1. The van der Waals surface area contributed by atoms with Crippen LogP contribution in [0.1, 0.15) is 43.5 Å². The molecule has 0 N–H and O–H groups in total. The van der Waals surface area contributed by atoms with Crippen LogP contribution in [0.15, 0.2) is 42.7 Å². The third-order valence-corrected chi connectivity index (χ3v) is 7.12. The van der Waals surface area contributed by atoms with E-state index in [1.807, 2.05) is 29.8 Å². The summed E-state index contributed by atoms with van der Waals surface area (Å²) in [4.78, 5) is 11.9. The maximum absolute atomic E-state index is 4.93. The lowest BCUT2D eigenvalue weighted by molar-refractivity contribution is 0.103. The van der Waals surface area contributed by atoms with Crippen molar-refractivity contribution in [2.75, 3.05) is 6.54 Å². The van der Waals surface area contributed by atoms with Gasteiger partial charge in [-0.15, -0.1) is 11.3 Å². The second-order valence-corrected chi connectivity index (χ2v) is 8.59. The van der Waals surface area contributed by atoms with E-state index in [0.29, 0.717) is 5.92 Å². The summed E-state index contributed by atoms with van der Waals surface area (Å²) in [7, 11) is 0. The van der Waals surface area contributed by atoms with Crippen molar-refractivity contribution in [1.82, 2.24) is 14.9 Å². The lowest BCUT2D eigenvalue weighted by Gasteiger charge is -2.42. The number of nitrogens with zero attached hydrogens (tertiary/aromatic N) is 3. The molecular weight excluding hydrogens is 326 g/mol. The first kappa shape index (κ1) is 15.5. The average Bonchev–Trinajstić information content (AvgIpc) is 3.20. The van der Waals surface area contributed by atoms with Gasteiger partial charge in [0.1, 0.15) is 0 Å². The normalized spacial score (nSPS) is 26.8. The van der Waals surface area contributed by atoms with Crippen LogP contribution in [0.4, 0.5) is 0 Å². The monoisotopic (exact) mass is 349 g/mol. The number of fused-ring (bicyclic) bond motifs is 1. The van der Waals surface area contributed by atoms with Gasteiger partial charge in [0.25, 0.3) is 0 Å². The topological polar surface area (TPSA) is 29.0 Å². The molecule has 1 aliphatic heterocycles. The molecule has 0 bridgehead atoms. The molecule has 0 radical (unpaired) electrons. The van der Waals surface area contributed by atoms with Gasteiger partial charge < -0.3 is 0 Å². The van der Waals surface area contributed by atoms with E-state index in [1.165, 1.54) is 53.1 Å². The maximum Gasteiger partial charge on any atom is 0.0970 e. The van der Waals surface area contributed by atoms with Gasteiger partial charge in [-0.3, -0.25) is 9.88 Å². The van der Waals surface area contributed by atoms with Crippen LogP contribution in [0.25, 0.3) is 21.3 Å². The van der Waals surface area contributed by atoms with Crippen LogP contribution < -0.4 is 0 Å². The van der Waals surface area contributed by atoms with E-state index in [2.05, 4.69) is 41.1 Å². The minimum absolute atomic E-state index is 0.664. The molecule has 1 aromatic carbocycles. The van der Waals surface area contributed by atoms with E-state index in [-0.39, 0.29) is 0 Å². The van der Waals surface area contributed by atoms with Gasteiger partial charge >= 0.3 is 0 Å². The van der Waals surface area contributed by atoms with E-state index in [4.69, 9.17) is 4.98 Å². The fourth-order valence-electron chi connectivity index (χ4n) is 4.39. The molecule has 0 amide bonds. The molecule has 3 nitrogen and oxygen atoms in total. The molecule has 1 saturated carbocycles. The summed E-state index contributed by atoms with van der Waals surface area (Å²) in [6.07, 6.45) is 9.08. The fourth-order valence-corrected chi connectivity index (χ4v) is 5.52. The van der Waals surface area contributed by atoms with E-state index in [1.54, 1.807) is 0 Å². The van der Waals surface area contributed by atoms with Crippen LogP contribution in [-0.2, 0) is 0 Å². The van der Waals surface area contributed by atoms with Crippen molar-refractivity contribution in [3.8, 4) is 11.1 Å². The van der Waals surface area contributed by atoms with E-state index >= 15 is 0 Å². The Morgan fingerprint density at radius 1 is 1.16 bits per heavy atom. The summed E-state index contributed by atoms with van der Waals surface area (Å²) >= 11 is 1.89. The number of rotatable bonds is 3. The Morgan fingerprint density at radius 3 is 2.84 bits per heavy atom. The lowest BCUT2D eigenvalue weighted by atomic mass is 9.79. The molecule has 1 atom stereocenters. The predicted molar refractivity (Wildman–Crippen MR) is 104 cm³/mol. The first-order valence-corrected chi connectivity index (χ1v) is 10.2. The fraction of sp³-hybridized carbons (Fsp3) is 0.429. The second kappa shape index (κ2) is 6.19. The number of aromatic nitrogens is 2. The first-order valence-electron chi connectivity index (χ1n) is 9.34. The summed E-state index contributed by atoms with van der Waals surface area (Å²) in [6.45, 7) is 3.69. The lowest BCUT2D eigenvalue weighted by Crippen LogP contribution is -2.45. The highest BCUT2D eigenvalue weighted by molar-refractivity contribution is 7.18. The Kier molecular flexibility index (Phi) is 3.83. The summed E-state index contributed by atoms with van der Waals surface area (Å²) in [5.41, 5.74) is 3.55. The average molecular weight is 350 g/mol. The maximum atomic E-state index is 4.93. The molecule has 3 aromatic rings. The smallest absolute Gasteiger partial charge is 0.0970 e. The van der Waals surface area contributed by atoms with Crippen LogP contribution in [-0.4, -0.2) is 33.5 Å². The van der Waals surface area contributed by atoms with Gasteiger partial charge in [-0.2, -0.15) is 0 Å². The zero-order valence-corrected chi connectivity index (χ0v) is 15.4. The highest BCUT2D eigenvalue weighted by atomic mass is 32.1. The zero-order valence-electron chi connectivity index (χ0n) is 14.6. The van der Waals surface area contributed by atoms with Crippen LogP contribution in [0, 0.1) is 0 Å². The van der Waals surface area contributed by atoms with Gasteiger partial charge in [-0.25, -0.2) is 4.98 Å². The minimum atomic E-state index is 0.664. The molecule has 2 fully saturated rings. The summed E-state index contributed by atoms with van der Waals surface area (Å²) in [5, 5.41) is 1.33. The molecule has 1 saturated heterocycles. The molecule has 0 spiro atoms. The number of hydrogen-bond donors (Lipinski definition) is 0. The molecule has 1 aliphatic carbocycles. The largest absolute Gasteiger partial charge is 0.298 e. The molecule has 25 heavy (non-hydrogen) atoms. The second-order valence-electron chi connectivity index (χ2n) is 7.53. The third kappa shape index (κ3) is 2.77. The molecular formula is C21H23N3S. The Hall–Kier alpha value is -1.78. The number of benzene rings is 1. The molecule has 5 rings (SSSR count). The van der Waals surface area contributed by atoms with E-state index in [9.17, 15) is 0 Å². The van der Waals surface area contributed by atoms with Crippen molar-refractivity contribution in [1.29, 1.82) is 0 Å². The Bertz CT molecular complexity index is 883. The van der Waals surface area contributed by atoms with Crippen LogP contribution >= 0.6 is 11.3 Å². The van der Waals surface area contributed by atoms with Crippen molar-refractivity contribution < 1.29 is 0 Å². The summed E-state index contributed by atoms with van der Waals surface area (Å²) < 4.78 is 1.30. The van der Waals surface area contributed by atoms with Crippen molar-refractivity contribution >= 4 is 21.6 Å². The number of hydrogen-bond acceptors (Lipinski definition) is 4. The van der Waals surface area contributed by atoms with Gasteiger partial charge in [0, 0.05) is 36.0 Å². The molecule has 128 valence electrons. The van der Waals surface area contributed by atoms with Gasteiger partial charge in [-0.1, -0.05) is 12.1 Å². The molecule has 3 heterocycles. The molecule has 2 aromatic heterocycles. The van der Waals surface area contributed by atoms with Gasteiger partial charge in [0.05, 0.1) is 15.2 Å². The highest BCUT2D eigenvalue weighted by Gasteiger charge is 2.39. The number of likely N-dealkylation sites (tertiary alicyclic amines) is 1. The summed E-state index contributed by atoms with van der Waals surface area (Å²) in [5.74, 6) is 0.664.